The molecule has 25 heavy (non-hydrogen) atoms. The number of carbonyl (C=O) groups is 1. The van der Waals surface area contributed by atoms with E-state index in [-0.39, 0.29) is 22.6 Å². The molecular weight excluding hydrogens is 338 g/mol. The quantitative estimate of drug-likeness (QED) is 0.857. The molecule has 6 heteroatoms. The number of aryl methyl sites for hydroxylation is 1. The predicted octanol–water partition coefficient (Wildman–Crippen LogP) is 3.29. The van der Waals surface area contributed by atoms with Gasteiger partial charge in [0.25, 0.3) is 5.91 Å². The number of nitrogens with one attached hydrogen (secondary N) is 1. The summed E-state index contributed by atoms with van der Waals surface area (Å²) in [6.45, 7) is 5.45. The molecule has 0 heterocycles. The van der Waals surface area contributed by atoms with Crippen LogP contribution in [0.3, 0.4) is 0 Å². The molecule has 0 aliphatic carbocycles. The molecular formula is C19H23NO4S. The normalized spacial score (nSPS) is 12.5. The van der Waals surface area contributed by atoms with Crippen LogP contribution in [0.2, 0.25) is 0 Å². The lowest BCUT2D eigenvalue weighted by Crippen LogP contribution is -2.27. The average Bonchev–Trinajstić information content (AvgIpc) is 2.61. The Morgan fingerprint density at radius 1 is 1.16 bits per heavy atom. The summed E-state index contributed by atoms with van der Waals surface area (Å²) < 4.78 is 29.0. The zero-order chi connectivity index (χ0) is 18.6. The molecule has 0 spiro atoms. The number of methoxy groups -OCH3 is 1. The average molecular weight is 361 g/mol. The summed E-state index contributed by atoms with van der Waals surface area (Å²) in [7, 11) is -1.68. The first-order valence-electron chi connectivity index (χ1n) is 8.06. The number of ether oxygens (including phenoxy) is 1. The molecule has 1 amide bonds. The maximum atomic E-state index is 12.4. The lowest BCUT2D eigenvalue weighted by atomic mass is 10.0. The van der Waals surface area contributed by atoms with Crippen LogP contribution in [0.25, 0.3) is 0 Å². The van der Waals surface area contributed by atoms with Crippen LogP contribution in [-0.4, -0.2) is 27.2 Å². The van der Waals surface area contributed by atoms with Crippen molar-refractivity contribution in [3.63, 3.8) is 0 Å². The Morgan fingerprint density at radius 2 is 1.80 bits per heavy atom. The minimum absolute atomic E-state index is 0.0305. The van der Waals surface area contributed by atoms with E-state index in [0.717, 1.165) is 11.1 Å². The van der Waals surface area contributed by atoms with Crippen molar-refractivity contribution in [1.82, 2.24) is 5.32 Å². The maximum absolute atomic E-state index is 12.4. The zero-order valence-corrected chi connectivity index (χ0v) is 15.7. The van der Waals surface area contributed by atoms with Crippen LogP contribution in [0.5, 0.6) is 5.75 Å². The molecule has 134 valence electrons. The van der Waals surface area contributed by atoms with Gasteiger partial charge in [0.15, 0.2) is 9.84 Å². The fourth-order valence-corrected chi connectivity index (χ4v) is 3.41. The van der Waals surface area contributed by atoms with Gasteiger partial charge in [0.1, 0.15) is 5.75 Å². The Balaban J connectivity index is 2.18. The van der Waals surface area contributed by atoms with E-state index in [9.17, 15) is 13.2 Å². The Morgan fingerprint density at radius 3 is 2.36 bits per heavy atom. The van der Waals surface area contributed by atoms with Crippen molar-refractivity contribution in [3.8, 4) is 5.75 Å². The standard InChI is InChI=1S/C19H23NO4S/c1-5-25(22,23)16-9-7-15(8-10-16)19(21)20-14(3)17-12-13(2)6-11-18(17)24-4/h6-12,14H,5H2,1-4H3,(H,20,21). The van der Waals surface area contributed by atoms with Gasteiger partial charge in [-0.15, -0.1) is 0 Å². The highest BCUT2D eigenvalue weighted by atomic mass is 32.2. The SMILES string of the molecule is CCS(=O)(=O)c1ccc(C(=O)NC(C)c2cc(C)ccc2OC)cc1. The van der Waals surface area contributed by atoms with Crippen molar-refractivity contribution < 1.29 is 17.9 Å². The molecule has 0 aliphatic heterocycles. The number of amides is 1. The number of carbonyl (C=O) groups excluding carboxylic acids is 1. The van der Waals surface area contributed by atoms with Gasteiger partial charge in [0.2, 0.25) is 0 Å². The summed E-state index contributed by atoms with van der Waals surface area (Å²) in [4.78, 5) is 12.7. The second-order valence-electron chi connectivity index (χ2n) is 5.87. The van der Waals surface area contributed by atoms with Gasteiger partial charge in [0, 0.05) is 11.1 Å². The Kier molecular flexibility index (Phi) is 5.85. The van der Waals surface area contributed by atoms with Crippen LogP contribution in [0.15, 0.2) is 47.4 Å². The van der Waals surface area contributed by atoms with Crippen LogP contribution in [0.4, 0.5) is 0 Å². The van der Waals surface area contributed by atoms with Gasteiger partial charge in [0.05, 0.1) is 23.8 Å². The van der Waals surface area contributed by atoms with Crippen molar-refractivity contribution in [2.24, 2.45) is 0 Å². The Bertz CT molecular complexity index is 857. The van der Waals surface area contributed by atoms with E-state index in [1.54, 1.807) is 14.0 Å². The van der Waals surface area contributed by atoms with Crippen molar-refractivity contribution in [2.45, 2.75) is 31.7 Å². The predicted molar refractivity (Wildman–Crippen MR) is 97.8 cm³/mol. The highest BCUT2D eigenvalue weighted by Crippen LogP contribution is 2.26. The van der Waals surface area contributed by atoms with Crippen LogP contribution >= 0.6 is 0 Å². The molecule has 2 rings (SSSR count). The molecule has 0 saturated heterocycles. The van der Waals surface area contributed by atoms with E-state index < -0.39 is 9.84 Å². The minimum atomic E-state index is -3.27. The van der Waals surface area contributed by atoms with Gasteiger partial charge in [-0.25, -0.2) is 8.42 Å². The molecule has 0 fully saturated rings. The third-order valence-corrected chi connectivity index (χ3v) is 5.81. The van der Waals surface area contributed by atoms with E-state index >= 15 is 0 Å². The maximum Gasteiger partial charge on any atom is 0.251 e. The molecule has 2 aromatic rings. The number of rotatable bonds is 6. The lowest BCUT2D eigenvalue weighted by molar-refractivity contribution is 0.0939. The van der Waals surface area contributed by atoms with E-state index in [2.05, 4.69) is 5.32 Å². The molecule has 5 nitrogen and oxygen atoms in total. The largest absolute Gasteiger partial charge is 0.496 e. The molecule has 0 saturated carbocycles. The summed E-state index contributed by atoms with van der Waals surface area (Å²) in [6.07, 6.45) is 0. The summed E-state index contributed by atoms with van der Waals surface area (Å²) in [6, 6.07) is 11.5. The highest BCUT2D eigenvalue weighted by molar-refractivity contribution is 7.91. The van der Waals surface area contributed by atoms with Gasteiger partial charge < -0.3 is 10.1 Å². The van der Waals surface area contributed by atoms with Crippen molar-refractivity contribution in [3.05, 3.63) is 59.2 Å². The van der Waals surface area contributed by atoms with Gasteiger partial charge >= 0.3 is 0 Å². The first kappa shape index (κ1) is 19.0. The van der Waals surface area contributed by atoms with E-state index in [0.29, 0.717) is 11.3 Å². The van der Waals surface area contributed by atoms with Gasteiger partial charge in [-0.3, -0.25) is 4.79 Å². The Labute approximate surface area is 148 Å². The van der Waals surface area contributed by atoms with Crippen LogP contribution in [0.1, 0.15) is 41.4 Å². The number of hydrogen-bond acceptors (Lipinski definition) is 4. The third-order valence-electron chi connectivity index (χ3n) is 4.05. The summed E-state index contributed by atoms with van der Waals surface area (Å²) in [5.41, 5.74) is 2.38. The number of sulfone groups is 1. The molecule has 1 N–H and O–H groups in total. The first-order chi connectivity index (χ1) is 11.8. The minimum Gasteiger partial charge on any atom is -0.496 e. The van der Waals surface area contributed by atoms with Crippen molar-refractivity contribution >= 4 is 15.7 Å². The molecule has 0 aromatic heterocycles. The summed E-state index contributed by atoms with van der Waals surface area (Å²) in [5.74, 6) is 0.474. The third kappa shape index (κ3) is 4.39. The van der Waals surface area contributed by atoms with Crippen LogP contribution in [-0.2, 0) is 9.84 Å². The smallest absolute Gasteiger partial charge is 0.251 e. The highest BCUT2D eigenvalue weighted by Gasteiger charge is 2.17. The topological polar surface area (TPSA) is 72.5 Å². The molecule has 0 aliphatic rings. The summed E-state index contributed by atoms with van der Waals surface area (Å²) >= 11 is 0. The second-order valence-corrected chi connectivity index (χ2v) is 8.15. The molecule has 1 unspecified atom stereocenters. The first-order valence-corrected chi connectivity index (χ1v) is 9.72. The van der Waals surface area contributed by atoms with Crippen molar-refractivity contribution in [2.75, 3.05) is 12.9 Å². The van der Waals surface area contributed by atoms with E-state index in [1.807, 2.05) is 32.0 Å². The zero-order valence-electron chi connectivity index (χ0n) is 14.9. The summed E-state index contributed by atoms with van der Waals surface area (Å²) in [5, 5.41) is 2.92. The fraction of sp³-hybridized carbons (Fsp3) is 0.316. The van der Waals surface area contributed by atoms with Gasteiger partial charge in [-0.05, 0) is 44.2 Å². The van der Waals surface area contributed by atoms with Crippen molar-refractivity contribution in [1.29, 1.82) is 0 Å². The number of benzene rings is 2. The molecule has 0 bridgehead atoms. The lowest BCUT2D eigenvalue weighted by Gasteiger charge is -2.18. The molecule has 1 atom stereocenters. The van der Waals surface area contributed by atoms with Gasteiger partial charge in [-0.1, -0.05) is 24.6 Å². The molecule has 2 aromatic carbocycles. The van der Waals surface area contributed by atoms with Gasteiger partial charge in [-0.2, -0.15) is 0 Å². The van der Waals surface area contributed by atoms with Crippen LogP contribution in [0, 0.1) is 6.92 Å². The monoisotopic (exact) mass is 361 g/mol. The fourth-order valence-electron chi connectivity index (χ4n) is 2.53. The van der Waals surface area contributed by atoms with E-state index in [4.69, 9.17) is 4.74 Å². The Hall–Kier alpha value is -2.34. The second kappa shape index (κ2) is 7.70. The van der Waals surface area contributed by atoms with Crippen LogP contribution < -0.4 is 10.1 Å². The number of hydrogen-bond donors (Lipinski definition) is 1. The van der Waals surface area contributed by atoms with E-state index in [1.165, 1.54) is 24.3 Å². The molecule has 0 radical (unpaired) electrons.